The van der Waals surface area contributed by atoms with Crippen molar-refractivity contribution in [3.8, 4) is 0 Å². The summed E-state index contributed by atoms with van der Waals surface area (Å²) in [4.78, 5) is 0. The average molecular weight is 281 g/mol. The summed E-state index contributed by atoms with van der Waals surface area (Å²) >= 11 is 0. The topological polar surface area (TPSA) is 35.5 Å². The molecule has 0 N–H and O–H groups in total. The molecule has 2 aliphatic rings. The first-order chi connectivity index (χ1) is 8.63. The van der Waals surface area contributed by atoms with E-state index in [4.69, 9.17) is 9.05 Å². The summed E-state index contributed by atoms with van der Waals surface area (Å²) in [5, 5.41) is 0. The normalized spacial score (nSPS) is 38.4. The Kier molecular flexibility index (Phi) is 5.46. The van der Waals surface area contributed by atoms with Gasteiger partial charge >= 0.3 is 8.25 Å². The van der Waals surface area contributed by atoms with E-state index in [1.165, 1.54) is 0 Å². The highest BCUT2D eigenvalue weighted by molar-refractivity contribution is 7.33. The summed E-state index contributed by atoms with van der Waals surface area (Å²) in [5.41, 5.74) is 0. The zero-order valence-corrected chi connectivity index (χ0v) is 11.3. The standard InChI is InChI=1S/C12H20F2O3P/c13-9-1-5-11(6-2-9)16-18(15)17-12-7-3-10(14)4-8-12/h9-12H,1-8H2/q+1. The van der Waals surface area contributed by atoms with Gasteiger partial charge in [0.1, 0.15) is 24.6 Å². The first kappa shape index (κ1) is 14.3. The molecular formula is C12H20F2O3P+. The third kappa shape index (κ3) is 4.52. The van der Waals surface area contributed by atoms with Gasteiger partial charge in [-0.2, -0.15) is 0 Å². The Labute approximate surface area is 107 Å². The van der Waals surface area contributed by atoms with E-state index in [0.717, 1.165) is 0 Å². The SMILES string of the molecule is O=[P+](OC1CCC(F)CC1)OC1CCC(F)CC1. The van der Waals surface area contributed by atoms with Crippen LogP contribution in [0.4, 0.5) is 8.78 Å². The van der Waals surface area contributed by atoms with E-state index in [-0.39, 0.29) is 12.2 Å². The lowest BCUT2D eigenvalue weighted by molar-refractivity contribution is 0.0666. The summed E-state index contributed by atoms with van der Waals surface area (Å²) in [6.45, 7) is 0. The highest BCUT2D eigenvalue weighted by atomic mass is 31.1. The molecule has 0 heterocycles. The van der Waals surface area contributed by atoms with Crippen LogP contribution >= 0.6 is 8.25 Å². The van der Waals surface area contributed by atoms with Crippen molar-refractivity contribution in [2.75, 3.05) is 0 Å². The van der Waals surface area contributed by atoms with Gasteiger partial charge < -0.3 is 0 Å². The quantitative estimate of drug-likeness (QED) is 0.723. The minimum absolute atomic E-state index is 0.155. The van der Waals surface area contributed by atoms with E-state index in [2.05, 4.69) is 0 Å². The molecule has 0 aliphatic heterocycles. The van der Waals surface area contributed by atoms with Crippen molar-refractivity contribution in [3.05, 3.63) is 0 Å². The van der Waals surface area contributed by atoms with Crippen LogP contribution in [0.25, 0.3) is 0 Å². The van der Waals surface area contributed by atoms with Crippen molar-refractivity contribution in [3.63, 3.8) is 0 Å². The highest BCUT2D eigenvalue weighted by Crippen LogP contribution is 2.37. The lowest BCUT2D eigenvalue weighted by atomic mass is 9.96. The van der Waals surface area contributed by atoms with Crippen LogP contribution in [0.1, 0.15) is 51.4 Å². The van der Waals surface area contributed by atoms with Gasteiger partial charge in [-0.3, -0.25) is 0 Å². The second-order valence-corrected chi connectivity index (χ2v) is 6.05. The van der Waals surface area contributed by atoms with Crippen molar-refractivity contribution in [1.82, 2.24) is 0 Å². The lowest BCUT2D eigenvalue weighted by Gasteiger charge is -2.21. The number of alkyl halides is 2. The molecule has 2 aliphatic carbocycles. The maximum atomic E-state index is 12.9. The van der Waals surface area contributed by atoms with Gasteiger partial charge in [-0.15, -0.1) is 9.05 Å². The zero-order valence-electron chi connectivity index (χ0n) is 10.4. The molecule has 0 unspecified atom stereocenters. The number of rotatable bonds is 4. The maximum absolute atomic E-state index is 12.9. The van der Waals surface area contributed by atoms with Crippen molar-refractivity contribution < 1.29 is 22.4 Å². The van der Waals surface area contributed by atoms with Crippen LogP contribution in [0.15, 0.2) is 0 Å². The predicted octanol–water partition coefficient (Wildman–Crippen LogP) is 4.24. The largest absolute Gasteiger partial charge is 0.697 e. The molecule has 2 saturated carbocycles. The van der Waals surface area contributed by atoms with Gasteiger partial charge in [-0.25, -0.2) is 8.78 Å². The first-order valence-electron chi connectivity index (χ1n) is 6.72. The first-order valence-corrected chi connectivity index (χ1v) is 7.82. The molecule has 0 atom stereocenters. The molecule has 3 nitrogen and oxygen atoms in total. The minimum Gasteiger partial charge on any atom is -0.247 e. The summed E-state index contributed by atoms with van der Waals surface area (Å²) in [6, 6.07) is 0. The van der Waals surface area contributed by atoms with E-state index in [9.17, 15) is 13.3 Å². The van der Waals surface area contributed by atoms with Gasteiger partial charge in [0.2, 0.25) is 0 Å². The third-order valence-corrected chi connectivity index (χ3v) is 4.62. The molecule has 0 spiro atoms. The smallest absolute Gasteiger partial charge is 0.247 e. The van der Waals surface area contributed by atoms with Gasteiger partial charge in [0.05, 0.1) is 0 Å². The highest BCUT2D eigenvalue weighted by Gasteiger charge is 2.35. The summed E-state index contributed by atoms with van der Waals surface area (Å²) in [7, 11) is -2.15. The molecule has 0 amide bonds. The van der Waals surface area contributed by atoms with Crippen molar-refractivity contribution in [1.29, 1.82) is 0 Å². The Morgan fingerprint density at radius 2 is 1.06 bits per heavy atom. The number of hydrogen-bond acceptors (Lipinski definition) is 3. The monoisotopic (exact) mass is 281 g/mol. The zero-order chi connectivity index (χ0) is 13.0. The van der Waals surface area contributed by atoms with Crippen molar-refractivity contribution in [2.45, 2.75) is 75.9 Å². The number of hydrogen-bond donors (Lipinski definition) is 0. The Morgan fingerprint density at radius 3 is 1.39 bits per heavy atom. The van der Waals surface area contributed by atoms with E-state index < -0.39 is 20.6 Å². The minimum atomic E-state index is -2.15. The van der Waals surface area contributed by atoms with Crippen LogP contribution in [0, 0.1) is 0 Å². The molecule has 2 fully saturated rings. The molecule has 0 bridgehead atoms. The molecule has 0 radical (unpaired) electrons. The summed E-state index contributed by atoms with van der Waals surface area (Å²) in [6.07, 6.45) is 2.49. The molecule has 0 aromatic carbocycles. The Balaban J connectivity index is 1.66. The van der Waals surface area contributed by atoms with Crippen LogP contribution in [0.2, 0.25) is 0 Å². The molecule has 0 saturated heterocycles. The van der Waals surface area contributed by atoms with E-state index >= 15 is 0 Å². The Bertz CT molecular complexity index is 248. The van der Waals surface area contributed by atoms with Crippen LogP contribution < -0.4 is 0 Å². The summed E-state index contributed by atoms with van der Waals surface area (Å²) in [5.74, 6) is 0. The van der Waals surface area contributed by atoms with Gasteiger partial charge in [0, 0.05) is 4.57 Å². The van der Waals surface area contributed by atoms with Crippen LogP contribution in [0.5, 0.6) is 0 Å². The molecule has 0 aromatic rings. The molecular weight excluding hydrogens is 261 g/mol. The second kappa shape index (κ2) is 6.88. The van der Waals surface area contributed by atoms with E-state index in [1.54, 1.807) is 0 Å². The van der Waals surface area contributed by atoms with Gasteiger partial charge in [0.25, 0.3) is 0 Å². The maximum Gasteiger partial charge on any atom is 0.697 e. The number of halogens is 2. The molecule has 6 heteroatoms. The van der Waals surface area contributed by atoms with Gasteiger partial charge in [-0.1, -0.05) is 0 Å². The molecule has 2 rings (SSSR count). The molecule has 18 heavy (non-hydrogen) atoms. The lowest BCUT2D eigenvalue weighted by Crippen LogP contribution is -2.22. The van der Waals surface area contributed by atoms with E-state index in [0.29, 0.717) is 51.4 Å². The van der Waals surface area contributed by atoms with Gasteiger partial charge in [-0.05, 0) is 51.4 Å². The molecule has 0 aromatic heterocycles. The van der Waals surface area contributed by atoms with Gasteiger partial charge in [0.15, 0.2) is 0 Å². The average Bonchev–Trinajstić information content (AvgIpc) is 2.35. The van der Waals surface area contributed by atoms with Crippen molar-refractivity contribution in [2.24, 2.45) is 0 Å². The van der Waals surface area contributed by atoms with Crippen LogP contribution in [-0.2, 0) is 13.6 Å². The molecule has 104 valence electrons. The predicted molar refractivity (Wildman–Crippen MR) is 64.1 cm³/mol. The van der Waals surface area contributed by atoms with Crippen LogP contribution in [0.3, 0.4) is 0 Å². The van der Waals surface area contributed by atoms with Crippen molar-refractivity contribution >= 4 is 8.25 Å². The summed E-state index contributed by atoms with van der Waals surface area (Å²) < 4.78 is 48.1. The fourth-order valence-electron chi connectivity index (χ4n) is 2.52. The third-order valence-electron chi connectivity index (χ3n) is 3.68. The second-order valence-electron chi connectivity index (χ2n) is 5.18. The Morgan fingerprint density at radius 1 is 0.722 bits per heavy atom. The fraction of sp³-hybridized carbons (Fsp3) is 1.00. The van der Waals surface area contributed by atoms with E-state index in [1.807, 2.05) is 0 Å². The van der Waals surface area contributed by atoms with Crippen LogP contribution in [-0.4, -0.2) is 24.6 Å². The Hall–Kier alpha value is -0.120. The fourth-order valence-corrected chi connectivity index (χ4v) is 3.48.